The fraction of sp³-hybridized carbons (Fsp3) is 0.250. The van der Waals surface area contributed by atoms with Gasteiger partial charge in [0, 0.05) is 0 Å². The molecule has 0 aliphatic heterocycles. The minimum absolute atomic E-state index is 0.0801. The van der Waals surface area contributed by atoms with E-state index in [-0.39, 0.29) is 11.6 Å². The van der Waals surface area contributed by atoms with Gasteiger partial charge in [-0.25, -0.2) is 0 Å². The van der Waals surface area contributed by atoms with Gasteiger partial charge in [0.25, 0.3) is 0 Å². The number of hydrogen-bond acceptors (Lipinski definition) is 0. The van der Waals surface area contributed by atoms with Gasteiger partial charge in [-0.3, -0.25) is 0 Å². The van der Waals surface area contributed by atoms with Crippen LogP contribution in [0.1, 0.15) is 29.2 Å². The van der Waals surface area contributed by atoms with Crippen LogP contribution in [-0.2, 0) is 39.6 Å². The molecule has 0 fully saturated rings. The van der Waals surface area contributed by atoms with Crippen LogP contribution in [0, 0.1) is 6.92 Å². The maximum atomic E-state index is 13.2. The van der Waals surface area contributed by atoms with Crippen molar-refractivity contribution in [3.8, 4) is 11.1 Å². The van der Waals surface area contributed by atoms with Gasteiger partial charge >= 0.3 is 50.2 Å². The quantitative estimate of drug-likeness (QED) is 0.230. The van der Waals surface area contributed by atoms with E-state index in [1.165, 1.54) is 0 Å². The molecular weight excluding hydrogens is 516 g/mol. The Morgan fingerprint density at radius 3 is 1.86 bits per heavy atom. The van der Waals surface area contributed by atoms with Crippen molar-refractivity contribution >= 4 is 27.8 Å². The Hall–Kier alpha value is -0.907. The second-order valence-electron chi connectivity index (χ2n) is 6.34. The molecule has 0 saturated heterocycles. The average Bonchev–Trinajstić information content (AvgIpc) is 3.03. The number of hydrogen-bond donors (Lipinski definition) is 0. The van der Waals surface area contributed by atoms with Crippen molar-refractivity contribution in [1.29, 1.82) is 0 Å². The van der Waals surface area contributed by atoms with Crippen molar-refractivity contribution in [3.05, 3.63) is 64.7 Å². The van der Waals surface area contributed by atoms with Crippen LogP contribution in [0.3, 0.4) is 0 Å². The molecule has 0 spiro atoms. The maximum absolute atomic E-state index is 13.2. The molecule has 0 unspecified atom stereocenters. The van der Waals surface area contributed by atoms with Crippen molar-refractivity contribution in [2.75, 3.05) is 0 Å². The predicted octanol–water partition coefficient (Wildman–Crippen LogP) is 8.51. The first kappa shape index (κ1) is 24.4. The van der Waals surface area contributed by atoms with Gasteiger partial charge in [0.1, 0.15) is 0 Å². The molecule has 3 aromatic rings. The Labute approximate surface area is 182 Å². The third-order valence-electron chi connectivity index (χ3n) is 4.44. The molecule has 0 amide bonds. The van der Waals surface area contributed by atoms with Gasteiger partial charge in [-0.05, 0) is 37.1 Å². The van der Waals surface area contributed by atoms with Gasteiger partial charge < -0.3 is 0 Å². The predicted molar refractivity (Wildman–Crippen MR) is 101 cm³/mol. The van der Waals surface area contributed by atoms with E-state index in [1.807, 2.05) is 25.1 Å². The van der Waals surface area contributed by atoms with Crippen LogP contribution in [0.25, 0.3) is 21.9 Å². The molecule has 156 valence electrons. The SMILES string of the molecule is CCc1cc2c(-c3cc(C(F)(F)F)cc(C(F)(F)F)c3)c(C)ccc2[cH-]1.[Cl][Zr][Cl]. The molecule has 0 saturated carbocycles. The Morgan fingerprint density at radius 1 is 0.897 bits per heavy atom. The third-order valence-corrected chi connectivity index (χ3v) is 4.44. The monoisotopic (exact) mass is 529 g/mol. The minimum atomic E-state index is -4.86. The first-order valence-electron chi connectivity index (χ1n) is 8.37. The molecule has 3 aromatic carbocycles. The van der Waals surface area contributed by atoms with Gasteiger partial charge in [0.05, 0.1) is 11.1 Å². The van der Waals surface area contributed by atoms with E-state index in [9.17, 15) is 26.3 Å². The molecule has 0 aromatic heterocycles. The normalized spacial score (nSPS) is 11.9. The van der Waals surface area contributed by atoms with Crippen LogP contribution in [0.2, 0.25) is 0 Å². The topological polar surface area (TPSA) is 0 Å². The van der Waals surface area contributed by atoms with Crippen molar-refractivity contribution in [2.24, 2.45) is 0 Å². The summed E-state index contributed by atoms with van der Waals surface area (Å²) in [6.45, 7) is 3.62. The summed E-state index contributed by atoms with van der Waals surface area (Å²) >= 11 is -0.826. The summed E-state index contributed by atoms with van der Waals surface area (Å²) in [6.07, 6.45) is -9.00. The summed E-state index contributed by atoms with van der Waals surface area (Å²) in [5.41, 5.74) is -0.683. The molecule has 29 heavy (non-hydrogen) atoms. The van der Waals surface area contributed by atoms with Crippen LogP contribution in [-0.4, -0.2) is 0 Å². The fourth-order valence-corrected chi connectivity index (χ4v) is 3.14. The Morgan fingerprint density at radius 2 is 1.41 bits per heavy atom. The summed E-state index contributed by atoms with van der Waals surface area (Å²) in [7, 11) is 9.87. The second-order valence-corrected chi connectivity index (χ2v) is 10.1. The van der Waals surface area contributed by atoms with Gasteiger partial charge in [-0.15, -0.1) is 34.5 Å². The van der Waals surface area contributed by atoms with E-state index in [1.54, 1.807) is 13.0 Å². The van der Waals surface area contributed by atoms with Crippen LogP contribution in [0.5, 0.6) is 0 Å². The molecule has 0 nitrogen and oxygen atoms in total. The number of benzene rings is 2. The molecule has 0 heterocycles. The van der Waals surface area contributed by atoms with Crippen molar-refractivity contribution < 1.29 is 47.2 Å². The van der Waals surface area contributed by atoms with Crippen molar-refractivity contribution in [3.63, 3.8) is 0 Å². The Kier molecular flexibility index (Phi) is 7.97. The average molecular weight is 531 g/mol. The summed E-state index contributed by atoms with van der Waals surface area (Å²) in [4.78, 5) is 0. The first-order valence-corrected chi connectivity index (χ1v) is 14.7. The second kappa shape index (κ2) is 9.49. The van der Waals surface area contributed by atoms with Gasteiger partial charge in [-0.2, -0.15) is 32.4 Å². The summed E-state index contributed by atoms with van der Waals surface area (Å²) in [6, 6.07) is 8.99. The molecule has 0 atom stereocenters. The van der Waals surface area contributed by atoms with Gasteiger partial charge in [0.15, 0.2) is 0 Å². The van der Waals surface area contributed by atoms with E-state index >= 15 is 0 Å². The number of aryl methyl sites for hydroxylation is 2. The van der Waals surface area contributed by atoms with Gasteiger partial charge in [0.2, 0.25) is 0 Å². The Balaban J connectivity index is 0.000000941. The molecule has 0 radical (unpaired) electrons. The molecule has 3 rings (SSSR count). The van der Waals surface area contributed by atoms with Gasteiger partial charge in [-0.1, -0.05) is 18.1 Å². The number of alkyl halides is 6. The molecule has 0 aliphatic carbocycles. The zero-order valence-corrected chi connectivity index (χ0v) is 19.2. The van der Waals surface area contributed by atoms with E-state index in [0.717, 1.165) is 29.5 Å². The molecule has 0 aliphatic rings. The third kappa shape index (κ3) is 5.83. The van der Waals surface area contributed by atoms with Crippen molar-refractivity contribution in [2.45, 2.75) is 32.6 Å². The van der Waals surface area contributed by atoms with E-state index < -0.39 is 44.3 Å². The molecule has 0 N–H and O–H groups in total. The summed E-state index contributed by atoms with van der Waals surface area (Å²) in [5.74, 6) is 0. The van der Waals surface area contributed by atoms with E-state index in [4.69, 9.17) is 17.0 Å². The first-order chi connectivity index (χ1) is 13.4. The summed E-state index contributed by atoms with van der Waals surface area (Å²) in [5, 5.41) is 1.46. The molecular formula is C20H15Cl2F6Zr-. The molecule has 9 heteroatoms. The van der Waals surface area contributed by atoms with Crippen LogP contribution in [0.15, 0.2) is 42.5 Å². The zero-order valence-electron chi connectivity index (χ0n) is 15.3. The van der Waals surface area contributed by atoms with E-state index in [0.29, 0.717) is 16.5 Å². The van der Waals surface area contributed by atoms with Crippen LogP contribution < -0.4 is 0 Å². The number of rotatable bonds is 2. The Bertz CT molecular complexity index is 957. The fourth-order valence-electron chi connectivity index (χ4n) is 3.14. The van der Waals surface area contributed by atoms with E-state index in [2.05, 4.69) is 0 Å². The standard InChI is InChI=1S/C20H15F6.2ClH.Zr/c1-3-12-6-13-5-4-11(2)18(17(13)7-12)14-8-15(19(21,22)23)10-16(9-14)20(24,25)26;;;/h4-10H,3H2,1-2H3;2*1H;/q-1;;;+2/p-2. The number of fused-ring (bicyclic) bond motifs is 1. The molecule has 0 bridgehead atoms. The summed E-state index contributed by atoms with van der Waals surface area (Å²) < 4.78 is 78.9. The van der Waals surface area contributed by atoms with Crippen LogP contribution >= 0.6 is 17.0 Å². The zero-order chi connectivity index (χ0) is 22.0. The van der Waals surface area contributed by atoms with Crippen LogP contribution in [0.4, 0.5) is 26.3 Å². The number of halogens is 8. The van der Waals surface area contributed by atoms with Crippen molar-refractivity contribution in [1.82, 2.24) is 0 Å².